The van der Waals surface area contributed by atoms with E-state index in [1.54, 1.807) is 5.56 Å². The van der Waals surface area contributed by atoms with Crippen molar-refractivity contribution in [1.82, 2.24) is 5.32 Å². The van der Waals surface area contributed by atoms with Crippen LogP contribution in [0, 0.1) is 5.41 Å². The zero-order valence-electron chi connectivity index (χ0n) is 11.2. The average molecular weight is 261 g/mol. The van der Waals surface area contributed by atoms with Crippen molar-refractivity contribution in [3.8, 4) is 0 Å². The molecule has 3 unspecified atom stereocenters. The third-order valence-corrected chi connectivity index (χ3v) is 6.47. The highest BCUT2D eigenvalue weighted by molar-refractivity contribution is 7.99. The number of hydrogen-bond acceptors (Lipinski definition) is 2. The molecule has 0 bridgehead atoms. The maximum absolute atomic E-state index is 3.62. The topological polar surface area (TPSA) is 12.0 Å². The Morgan fingerprint density at radius 1 is 1.22 bits per heavy atom. The predicted molar refractivity (Wildman–Crippen MR) is 80.3 cm³/mol. The Morgan fingerprint density at radius 2 is 2.06 bits per heavy atom. The summed E-state index contributed by atoms with van der Waals surface area (Å²) in [5.41, 5.74) is 2.08. The quantitative estimate of drug-likeness (QED) is 0.828. The van der Waals surface area contributed by atoms with E-state index in [9.17, 15) is 0 Å². The van der Waals surface area contributed by atoms with Gasteiger partial charge in [0.05, 0.1) is 0 Å². The van der Waals surface area contributed by atoms with Gasteiger partial charge in [0.25, 0.3) is 0 Å². The normalized spacial score (nSPS) is 36.7. The van der Waals surface area contributed by atoms with Gasteiger partial charge in [0.1, 0.15) is 0 Å². The molecule has 1 aromatic rings. The first kappa shape index (κ1) is 12.6. The van der Waals surface area contributed by atoms with Crippen molar-refractivity contribution in [3.63, 3.8) is 0 Å². The molecule has 0 aromatic heterocycles. The summed E-state index contributed by atoms with van der Waals surface area (Å²) >= 11 is 2.19. The van der Waals surface area contributed by atoms with Gasteiger partial charge in [0.2, 0.25) is 0 Å². The molecule has 0 amide bonds. The number of rotatable bonds is 1. The van der Waals surface area contributed by atoms with Gasteiger partial charge in [-0.05, 0) is 42.5 Å². The summed E-state index contributed by atoms with van der Waals surface area (Å²) in [5.74, 6) is 2.06. The van der Waals surface area contributed by atoms with Crippen molar-refractivity contribution in [2.24, 2.45) is 5.41 Å². The smallest absolute Gasteiger partial charge is 0.00820 e. The molecular formula is C16H23NS. The number of benzene rings is 1. The SMILES string of the molecule is CC1SCCCC12CCNCC2c1ccccc1. The van der Waals surface area contributed by atoms with Crippen molar-refractivity contribution >= 4 is 11.8 Å². The Labute approximate surface area is 115 Å². The fraction of sp³-hybridized carbons (Fsp3) is 0.625. The van der Waals surface area contributed by atoms with Crippen molar-refractivity contribution in [3.05, 3.63) is 35.9 Å². The minimum Gasteiger partial charge on any atom is -0.316 e. The standard InChI is InChI=1S/C16H23NS/c1-13-16(8-5-11-18-13)9-10-17-12-15(16)14-6-3-2-4-7-14/h2-4,6-7,13,15,17H,5,8-12H2,1H3. The summed E-state index contributed by atoms with van der Waals surface area (Å²) in [6, 6.07) is 11.2. The molecule has 1 spiro atoms. The summed E-state index contributed by atoms with van der Waals surface area (Å²) in [5, 5.41) is 4.42. The molecule has 2 aliphatic rings. The Kier molecular flexibility index (Phi) is 3.67. The van der Waals surface area contributed by atoms with Crippen molar-refractivity contribution in [2.75, 3.05) is 18.8 Å². The highest BCUT2D eigenvalue weighted by Crippen LogP contribution is 2.53. The molecule has 0 saturated carbocycles. The number of thioether (sulfide) groups is 1. The van der Waals surface area contributed by atoms with E-state index >= 15 is 0 Å². The molecule has 1 aromatic carbocycles. The molecule has 3 rings (SSSR count). The molecule has 0 radical (unpaired) electrons. The van der Waals surface area contributed by atoms with Crippen LogP contribution in [0.3, 0.4) is 0 Å². The number of nitrogens with one attached hydrogen (secondary N) is 1. The zero-order valence-corrected chi connectivity index (χ0v) is 12.0. The number of hydrogen-bond donors (Lipinski definition) is 1. The van der Waals surface area contributed by atoms with Gasteiger partial charge in [0.15, 0.2) is 0 Å². The Balaban J connectivity index is 1.94. The maximum atomic E-state index is 3.62. The molecular weight excluding hydrogens is 238 g/mol. The van der Waals surface area contributed by atoms with Crippen molar-refractivity contribution < 1.29 is 0 Å². The van der Waals surface area contributed by atoms with E-state index in [-0.39, 0.29) is 0 Å². The minimum atomic E-state index is 0.537. The zero-order chi connectivity index (χ0) is 12.4. The Bertz CT molecular complexity index is 385. The lowest BCUT2D eigenvalue weighted by molar-refractivity contribution is 0.142. The van der Waals surface area contributed by atoms with Crippen LogP contribution in [0.5, 0.6) is 0 Å². The van der Waals surface area contributed by atoms with Gasteiger partial charge in [-0.2, -0.15) is 11.8 Å². The van der Waals surface area contributed by atoms with Crippen LogP contribution in [0.15, 0.2) is 30.3 Å². The average Bonchev–Trinajstić information content (AvgIpc) is 2.44. The van der Waals surface area contributed by atoms with Gasteiger partial charge in [-0.25, -0.2) is 0 Å². The van der Waals surface area contributed by atoms with Crippen molar-refractivity contribution in [2.45, 2.75) is 37.4 Å². The van der Waals surface area contributed by atoms with Crippen LogP contribution < -0.4 is 5.32 Å². The predicted octanol–water partition coefficient (Wildman–Crippen LogP) is 3.67. The highest BCUT2D eigenvalue weighted by Gasteiger charge is 2.46. The van der Waals surface area contributed by atoms with Gasteiger partial charge in [0, 0.05) is 17.7 Å². The maximum Gasteiger partial charge on any atom is 0.00820 e. The Morgan fingerprint density at radius 3 is 2.83 bits per heavy atom. The van der Waals surface area contributed by atoms with Gasteiger partial charge in [-0.15, -0.1) is 0 Å². The minimum absolute atomic E-state index is 0.537. The van der Waals surface area contributed by atoms with Crippen LogP contribution in [0.2, 0.25) is 0 Å². The van der Waals surface area contributed by atoms with Crippen LogP contribution in [-0.2, 0) is 0 Å². The molecule has 1 nitrogen and oxygen atoms in total. The lowest BCUT2D eigenvalue weighted by atomic mass is 9.63. The molecule has 2 heteroatoms. The van der Waals surface area contributed by atoms with Crippen LogP contribution in [0.25, 0.3) is 0 Å². The van der Waals surface area contributed by atoms with Crippen molar-refractivity contribution in [1.29, 1.82) is 0 Å². The van der Waals surface area contributed by atoms with Crippen LogP contribution in [-0.4, -0.2) is 24.1 Å². The van der Waals surface area contributed by atoms with E-state index < -0.39 is 0 Å². The monoisotopic (exact) mass is 261 g/mol. The molecule has 2 fully saturated rings. The molecule has 2 heterocycles. The highest BCUT2D eigenvalue weighted by atomic mass is 32.2. The Hall–Kier alpha value is -0.470. The summed E-state index contributed by atoms with van der Waals surface area (Å²) in [6.45, 7) is 4.83. The second kappa shape index (κ2) is 5.26. The van der Waals surface area contributed by atoms with Gasteiger partial charge in [-0.1, -0.05) is 37.3 Å². The summed E-state index contributed by atoms with van der Waals surface area (Å²) in [6.07, 6.45) is 4.17. The van der Waals surface area contributed by atoms with Gasteiger partial charge < -0.3 is 5.32 Å². The number of piperidine rings is 1. The third-order valence-electron chi connectivity index (χ3n) is 4.98. The molecule has 2 aliphatic heterocycles. The fourth-order valence-corrected chi connectivity index (χ4v) is 5.29. The largest absolute Gasteiger partial charge is 0.316 e. The van der Waals surface area contributed by atoms with E-state index in [4.69, 9.17) is 0 Å². The summed E-state index contributed by atoms with van der Waals surface area (Å²) in [7, 11) is 0. The van der Waals surface area contributed by atoms with Gasteiger partial charge >= 0.3 is 0 Å². The van der Waals surface area contributed by atoms with E-state index in [0.717, 1.165) is 11.8 Å². The van der Waals surface area contributed by atoms with Crippen LogP contribution >= 0.6 is 11.8 Å². The first-order valence-corrected chi connectivity index (χ1v) is 8.25. The second-order valence-electron chi connectivity index (χ2n) is 5.77. The van der Waals surface area contributed by atoms with E-state index in [1.165, 1.54) is 31.6 Å². The van der Waals surface area contributed by atoms with E-state index in [2.05, 4.69) is 54.3 Å². The fourth-order valence-electron chi connectivity index (χ4n) is 3.90. The van der Waals surface area contributed by atoms with Crippen LogP contribution in [0.4, 0.5) is 0 Å². The first-order chi connectivity index (χ1) is 8.83. The molecule has 3 atom stereocenters. The molecule has 0 aliphatic carbocycles. The molecule has 2 saturated heterocycles. The van der Waals surface area contributed by atoms with E-state index in [0.29, 0.717) is 11.3 Å². The molecule has 1 N–H and O–H groups in total. The third kappa shape index (κ3) is 2.10. The van der Waals surface area contributed by atoms with Gasteiger partial charge in [-0.3, -0.25) is 0 Å². The van der Waals surface area contributed by atoms with Crippen LogP contribution in [0.1, 0.15) is 37.7 Å². The first-order valence-electron chi connectivity index (χ1n) is 7.20. The lowest BCUT2D eigenvalue weighted by Crippen LogP contribution is -2.49. The second-order valence-corrected chi connectivity index (χ2v) is 7.22. The summed E-state index contributed by atoms with van der Waals surface area (Å²) in [4.78, 5) is 0. The molecule has 18 heavy (non-hydrogen) atoms. The molecule has 98 valence electrons. The van der Waals surface area contributed by atoms with E-state index in [1.807, 2.05) is 0 Å². The lowest BCUT2D eigenvalue weighted by Gasteiger charge is -2.51. The summed E-state index contributed by atoms with van der Waals surface area (Å²) < 4.78 is 0.